The first kappa shape index (κ1) is 19.1. The molecular formula is C18H21BrN2O4. The average Bonchev–Trinajstić information content (AvgIpc) is 3.01. The Bertz CT molecular complexity index is 793. The van der Waals surface area contributed by atoms with Gasteiger partial charge in [-0.3, -0.25) is 9.36 Å². The van der Waals surface area contributed by atoms with E-state index in [1.807, 2.05) is 0 Å². The van der Waals surface area contributed by atoms with E-state index in [0.717, 1.165) is 4.47 Å². The lowest BCUT2D eigenvalue weighted by Crippen LogP contribution is -2.27. The molecule has 0 atom stereocenters. The molecule has 1 amide bonds. The van der Waals surface area contributed by atoms with E-state index in [2.05, 4.69) is 15.9 Å². The molecular weight excluding hydrogens is 388 g/mol. The van der Waals surface area contributed by atoms with Crippen LogP contribution in [0.25, 0.3) is 0 Å². The van der Waals surface area contributed by atoms with Crippen LogP contribution in [0.4, 0.5) is 10.5 Å². The van der Waals surface area contributed by atoms with Gasteiger partial charge in [-0.25, -0.2) is 4.79 Å². The zero-order valence-electron chi connectivity index (χ0n) is 14.9. The van der Waals surface area contributed by atoms with Gasteiger partial charge in [-0.15, -0.1) is 0 Å². The average molecular weight is 409 g/mol. The van der Waals surface area contributed by atoms with Crippen molar-refractivity contribution in [2.75, 3.05) is 19.1 Å². The van der Waals surface area contributed by atoms with Crippen molar-refractivity contribution in [1.82, 2.24) is 4.57 Å². The quantitative estimate of drug-likeness (QED) is 0.758. The maximum atomic E-state index is 12.7. The molecule has 2 rings (SSSR count). The van der Waals surface area contributed by atoms with Crippen molar-refractivity contribution in [3.8, 4) is 5.75 Å². The summed E-state index contributed by atoms with van der Waals surface area (Å²) in [5.41, 5.74) is 0.475. The van der Waals surface area contributed by atoms with Gasteiger partial charge in [0.25, 0.3) is 5.91 Å². The third kappa shape index (κ3) is 4.63. The molecule has 25 heavy (non-hydrogen) atoms. The maximum absolute atomic E-state index is 12.7. The number of benzene rings is 1. The van der Waals surface area contributed by atoms with Crippen LogP contribution in [-0.2, 0) is 4.74 Å². The number of anilines is 1. The molecule has 0 saturated carbocycles. The summed E-state index contributed by atoms with van der Waals surface area (Å²) >= 11 is 3.44. The van der Waals surface area contributed by atoms with Gasteiger partial charge < -0.3 is 14.4 Å². The Morgan fingerprint density at radius 1 is 1.20 bits per heavy atom. The Kier molecular flexibility index (Phi) is 5.57. The van der Waals surface area contributed by atoms with E-state index in [9.17, 15) is 9.59 Å². The van der Waals surface area contributed by atoms with Crippen LogP contribution in [0, 0.1) is 0 Å². The Balaban J connectivity index is 2.19. The number of nitrogens with zero attached hydrogens (tertiary/aromatic N) is 2. The summed E-state index contributed by atoms with van der Waals surface area (Å²) in [6, 6.07) is 6.92. The van der Waals surface area contributed by atoms with E-state index < -0.39 is 11.7 Å². The highest BCUT2D eigenvalue weighted by Crippen LogP contribution is 2.30. The number of rotatable bonds is 3. The molecule has 0 aliphatic heterocycles. The summed E-state index contributed by atoms with van der Waals surface area (Å²) in [5, 5.41) is 0. The molecule has 0 bridgehead atoms. The number of ether oxygens (including phenoxy) is 2. The van der Waals surface area contributed by atoms with Crippen molar-refractivity contribution in [3.05, 3.63) is 46.7 Å². The minimum Gasteiger partial charge on any atom is -0.497 e. The molecule has 0 unspecified atom stereocenters. The summed E-state index contributed by atoms with van der Waals surface area (Å²) in [6.07, 6.45) is 2.45. The highest BCUT2D eigenvalue weighted by Gasteiger charge is 2.21. The van der Waals surface area contributed by atoms with Gasteiger partial charge in [0, 0.05) is 23.9 Å². The number of methoxy groups -OCH3 is 1. The Labute approximate surface area is 155 Å². The van der Waals surface area contributed by atoms with Gasteiger partial charge in [0.1, 0.15) is 11.4 Å². The summed E-state index contributed by atoms with van der Waals surface area (Å²) in [5.74, 6) is 0.445. The predicted molar refractivity (Wildman–Crippen MR) is 99.5 cm³/mol. The molecule has 1 aromatic heterocycles. The number of hydrogen-bond acceptors (Lipinski definition) is 4. The van der Waals surface area contributed by atoms with Gasteiger partial charge >= 0.3 is 6.09 Å². The van der Waals surface area contributed by atoms with Gasteiger partial charge in [0.05, 0.1) is 18.4 Å². The highest BCUT2D eigenvalue weighted by molar-refractivity contribution is 9.10. The first-order chi connectivity index (χ1) is 11.6. The first-order valence-corrected chi connectivity index (χ1v) is 8.44. The van der Waals surface area contributed by atoms with Crippen molar-refractivity contribution in [1.29, 1.82) is 0 Å². The summed E-state index contributed by atoms with van der Waals surface area (Å²) in [4.78, 5) is 26.2. The lowest BCUT2D eigenvalue weighted by atomic mass is 10.2. The second-order valence-corrected chi connectivity index (χ2v) is 7.32. The zero-order chi connectivity index (χ0) is 18.8. The minimum absolute atomic E-state index is 0.242. The fourth-order valence-electron chi connectivity index (χ4n) is 2.14. The third-order valence-corrected chi connectivity index (χ3v) is 4.00. The van der Waals surface area contributed by atoms with Crippen LogP contribution in [0.2, 0.25) is 0 Å². The largest absolute Gasteiger partial charge is 0.497 e. The number of aromatic nitrogens is 1. The van der Waals surface area contributed by atoms with E-state index in [1.165, 1.54) is 21.9 Å². The lowest BCUT2D eigenvalue weighted by molar-refractivity contribution is 0.0537. The van der Waals surface area contributed by atoms with Crippen molar-refractivity contribution in [2.45, 2.75) is 26.4 Å². The van der Waals surface area contributed by atoms with Gasteiger partial charge in [-0.05, 0) is 61.0 Å². The van der Waals surface area contributed by atoms with E-state index in [1.54, 1.807) is 59.2 Å². The normalized spacial score (nSPS) is 11.1. The third-order valence-electron chi connectivity index (χ3n) is 3.36. The molecule has 1 aromatic carbocycles. The minimum atomic E-state index is -0.601. The monoisotopic (exact) mass is 408 g/mol. The zero-order valence-corrected chi connectivity index (χ0v) is 16.5. The van der Waals surface area contributed by atoms with Crippen LogP contribution in [0.1, 0.15) is 31.1 Å². The van der Waals surface area contributed by atoms with Crippen LogP contribution >= 0.6 is 15.9 Å². The van der Waals surface area contributed by atoms with Crippen LogP contribution in [0.5, 0.6) is 5.75 Å². The van der Waals surface area contributed by atoms with E-state index in [0.29, 0.717) is 17.0 Å². The van der Waals surface area contributed by atoms with Gasteiger partial charge in [0.15, 0.2) is 0 Å². The van der Waals surface area contributed by atoms with Crippen molar-refractivity contribution < 1.29 is 19.1 Å². The number of carbonyl (C=O) groups excluding carboxylic acids is 2. The summed E-state index contributed by atoms with van der Waals surface area (Å²) in [7, 11) is 3.25. The molecule has 0 saturated heterocycles. The lowest BCUT2D eigenvalue weighted by Gasteiger charge is -2.20. The van der Waals surface area contributed by atoms with E-state index in [4.69, 9.17) is 9.47 Å². The van der Waals surface area contributed by atoms with Crippen LogP contribution in [0.15, 0.2) is 41.1 Å². The molecule has 2 aromatic rings. The molecule has 7 heteroatoms. The molecule has 1 heterocycles. The molecule has 0 fully saturated rings. The van der Waals surface area contributed by atoms with E-state index in [-0.39, 0.29) is 5.91 Å². The molecule has 0 N–H and O–H groups in total. The molecule has 0 aliphatic carbocycles. The molecule has 0 radical (unpaired) electrons. The van der Waals surface area contributed by atoms with E-state index >= 15 is 0 Å². The molecule has 134 valence electrons. The van der Waals surface area contributed by atoms with Gasteiger partial charge in [-0.2, -0.15) is 0 Å². The Morgan fingerprint density at radius 2 is 1.88 bits per heavy atom. The van der Waals surface area contributed by atoms with Gasteiger partial charge in [0.2, 0.25) is 0 Å². The standard InChI is InChI=1S/C18H21BrN2O4/c1-18(2,3)25-17(23)21-9-8-12(11-21)16(22)20(4)15-7-6-13(24-5)10-14(15)19/h6-11H,1-5H3. The van der Waals surface area contributed by atoms with Gasteiger partial charge in [-0.1, -0.05) is 0 Å². The second kappa shape index (κ2) is 7.31. The van der Waals surface area contributed by atoms with Crippen LogP contribution < -0.4 is 9.64 Å². The number of carbonyl (C=O) groups is 2. The summed E-state index contributed by atoms with van der Waals surface area (Å²) < 4.78 is 12.4. The predicted octanol–water partition coefficient (Wildman–Crippen LogP) is 4.32. The molecule has 0 aliphatic rings. The number of amides is 1. The first-order valence-electron chi connectivity index (χ1n) is 7.65. The fraction of sp³-hybridized carbons (Fsp3) is 0.333. The SMILES string of the molecule is COc1ccc(N(C)C(=O)c2ccn(C(=O)OC(C)(C)C)c2)c(Br)c1. The summed E-state index contributed by atoms with van der Waals surface area (Å²) in [6.45, 7) is 5.36. The topological polar surface area (TPSA) is 60.8 Å². The van der Waals surface area contributed by atoms with Crippen molar-refractivity contribution in [3.63, 3.8) is 0 Å². The fourth-order valence-corrected chi connectivity index (χ4v) is 2.76. The van der Waals surface area contributed by atoms with Crippen LogP contribution in [0.3, 0.4) is 0 Å². The van der Waals surface area contributed by atoms with Crippen LogP contribution in [-0.4, -0.2) is 36.3 Å². The smallest absolute Gasteiger partial charge is 0.418 e. The number of halogens is 1. The molecule has 6 nitrogen and oxygen atoms in total. The Hall–Kier alpha value is -2.28. The number of hydrogen-bond donors (Lipinski definition) is 0. The van der Waals surface area contributed by atoms with Crippen molar-refractivity contribution in [2.24, 2.45) is 0 Å². The molecule has 0 spiro atoms. The highest BCUT2D eigenvalue weighted by atomic mass is 79.9. The Morgan fingerprint density at radius 3 is 2.44 bits per heavy atom. The maximum Gasteiger partial charge on any atom is 0.418 e. The van der Waals surface area contributed by atoms with Crippen molar-refractivity contribution >= 4 is 33.6 Å². The second-order valence-electron chi connectivity index (χ2n) is 6.47.